The number of nitrogen functional groups attached to an aromatic ring is 1. The molecule has 0 amide bonds. The number of nitrogens with zero attached hydrogens (tertiary/aromatic N) is 2. The van der Waals surface area contributed by atoms with Crippen LogP contribution in [0.15, 0.2) is 60.8 Å². The Morgan fingerprint density at radius 2 is 1.77 bits per heavy atom. The summed E-state index contributed by atoms with van der Waals surface area (Å²) in [5.41, 5.74) is 12.9. The Kier molecular flexibility index (Phi) is 19.5. The van der Waals surface area contributed by atoms with Crippen LogP contribution in [0.2, 0.25) is 0 Å². The van der Waals surface area contributed by atoms with Gasteiger partial charge in [0.15, 0.2) is 0 Å². The van der Waals surface area contributed by atoms with E-state index in [0.29, 0.717) is 18.3 Å². The zero-order chi connectivity index (χ0) is 26.3. The normalized spacial score (nSPS) is 10.3. The number of unbranched alkanes of at least 4 members (excludes halogenated alkanes) is 2. The number of benzene rings is 1. The van der Waals surface area contributed by atoms with E-state index >= 15 is 0 Å². The topological polar surface area (TPSA) is 103 Å². The van der Waals surface area contributed by atoms with E-state index < -0.39 is 0 Å². The fourth-order valence-corrected chi connectivity index (χ4v) is 3.23. The molecule has 0 spiro atoms. The highest BCUT2D eigenvalue weighted by Gasteiger charge is 2.08. The highest BCUT2D eigenvalue weighted by molar-refractivity contribution is 5.76. The maximum atomic E-state index is 6.92. The summed E-state index contributed by atoms with van der Waals surface area (Å²) in [5.74, 6) is 1.14. The van der Waals surface area contributed by atoms with Gasteiger partial charge in [0, 0.05) is 37.1 Å². The van der Waals surface area contributed by atoms with Gasteiger partial charge in [0.25, 0.3) is 0 Å². The summed E-state index contributed by atoms with van der Waals surface area (Å²) in [5, 5.41) is 6.92. The molecule has 1 aromatic heterocycles. The van der Waals surface area contributed by atoms with E-state index in [9.17, 15) is 0 Å². The zero-order valence-corrected chi connectivity index (χ0v) is 22.6. The number of aromatic nitrogens is 1. The average molecular weight is 483 g/mol. The smallest absolute Gasteiger partial charge is 0.217 e. The summed E-state index contributed by atoms with van der Waals surface area (Å²) >= 11 is 0. The first-order chi connectivity index (χ1) is 17.0. The molecule has 6 nitrogen and oxygen atoms in total. The van der Waals surface area contributed by atoms with Crippen LogP contribution in [0.25, 0.3) is 0 Å². The maximum absolute atomic E-state index is 6.92. The first-order valence-electron chi connectivity index (χ1n) is 12.9. The summed E-state index contributed by atoms with van der Waals surface area (Å²) in [6, 6.07) is 11.8. The SMILES string of the molecule is CC.CCCN(CCC)c1cc(N)nc(OCCCC/C=C\C=C/[NH3+])c1.Cc1cccc(C=N)c1. The van der Waals surface area contributed by atoms with Gasteiger partial charge in [-0.2, -0.15) is 4.98 Å². The van der Waals surface area contributed by atoms with Crippen molar-refractivity contribution >= 4 is 17.7 Å². The van der Waals surface area contributed by atoms with Gasteiger partial charge in [0.2, 0.25) is 5.88 Å². The molecule has 0 aliphatic heterocycles. The lowest BCUT2D eigenvalue weighted by Gasteiger charge is -2.24. The molecule has 0 fully saturated rings. The molecule has 0 atom stereocenters. The predicted molar refractivity (Wildman–Crippen MR) is 152 cm³/mol. The van der Waals surface area contributed by atoms with Gasteiger partial charge in [-0.25, -0.2) is 0 Å². The van der Waals surface area contributed by atoms with Crippen LogP contribution < -0.4 is 21.1 Å². The average Bonchev–Trinajstić information content (AvgIpc) is 2.87. The van der Waals surface area contributed by atoms with Crippen LogP contribution in [0.5, 0.6) is 5.88 Å². The van der Waals surface area contributed by atoms with Crippen LogP contribution in [-0.4, -0.2) is 30.9 Å². The molecule has 0 saturated heterocycles. The molecule has 0 bridgehead atoms. The molecule has 0 radical (unpaired) electrons. The van der Waals surface area contributed by atoms with Gasteiger partial charge in [0.05, 0.1) is 12.8 Å². The highest BCUT2D eigenvalue weighted by Crippen LogP contribution is 2.23. The summed E-state index contributed by atoms with van der Waals surface area (Å²) in [7, 11) is 0. The van der Waals surface area contributed by atoms with E-state index in [1.165, 1.54) is 11.8 Å². The number of hydrogen-bond acceptors (Lipinski definition) is 5. The number of hydrogen-bond donors (Lipinski definition) is 3. The van der Waals surface area contributed by atoms with Crippen molar-refractivity contribution in [3.8, 4) is 5.88 Å². The van der Waals surface area contributed by atoms with Crippen molar-refractivity contribution in [3.05, 3.63) is 72.0 Å². The number of pyridine rings is 1. The number of nitrogens with two attached hydrogens (primary N) is 1. The molecule has 1 heterocycles. The third kappa shape index (κ3) is 15.4. The molecule has 6 N–H and O–H groups in total. The van der Waals surface area contributed by atoms with Gasteiger partial charge in [-0.15, -0.1) is 0 Å². The molecular formula is C29H48N5O+. The number of anilines is 2. The van der Waals surface area contributed by atoms with E-state index in [1.54, 1.807) is 6.20 Å². The lowest BCUT2D eigenvalue weighted by atomic mass is 10.2. The van der Waals surface area contributed by atoms with E-state index in [4.69, 9.17) is 15.9 Å². The van der Waals surface area contributed by atoms with Crippen molar-refractivity contribution in [3.63, 3.8) is 0 Å². The second kappa shape index (κ2) is 21.4. The van der Waals surface area contributed by atoms with Crippen molar-refractivity contribution in [2.24, 2.45) is 0 Å². The Balaban J connectivity index is 0.000000870. The second-order valence-electron chi connectivity index (χ2n) is 7.83. The summed E-state index contributed by atoms with van der Waals surface area (Å²) in [4.78, 5) is 6.63. The molecule has 6 heteroatoms. The Labute approximate surface area is 213 Å². The van der Waals surface area contributed by atoms with Gasteiger partial charge in [-0.3, -0.25) is 0 Å². The predicted octanol–water partition coefficient (Wildman–Crippen LogP) is 6.17. The fraction of sp³-hybridized carbons (Fsp3) is 0.448. The Morgan fingerprint density at radius 1 is 1.06 bits per heavy atom. The lowest BCUT2D eigenvalue weighted by molar-refractivity contribution is -0.274. The van der Waals surface area contributed by atoms with Gasteiger partial charge in [-0.05, 0) is 50.7 Å². The summed E-state index contributed by atoms with van der Waals surface area (Å²) in [6.45, 7) is 13.1. The molecule has 0 aliphatic rings. The third-order valence-corrected chi connectivity index (χ3v) is 4.77. The van der Waals surface area contributed by atoms with Gasteiger partial charge in [-0.1, -0.05) is 69.7 Å². The summed E-state index contributed by atoms with van der Waals surface area (Å²) in [6.07, 6.45) is 14.6. The lowest BCUT2D eigenvalue weighted by Crippen LogP contribution is -2.38. The first-order valence-corrected chi connectivity index (χ1v) is 12.9. The van der Waals surface area contributed by atoms with Crippen molar-refractivity contribution in [2.75, 3.05) is 30.3 Å². The summed E-state index contributed by atoms with van der Waals surface area (Å²) < 4.78 is 5.80. The minimum absolute atomic E-state index is 0.516. The Bertz CT molecular complexity index is 858. The second-order valence-corrected chi connectivity index (χ2v) is 7.83. The van der Waals surface area contributed by atoms with Gasteiger partial charge < -0.3 is 26.5 Å². The highest BCUT2D eigenvalue weighted by atomic mass is 16.5. The molecule has 35 heavy (non-hydrogen) atoms. The molecule has 2 rings (SSSR count). The van der Waals surface area contributed by atoms with Crippen LogP contribution in [0.3, 0.4) is 0 Å². The number of quaternary nitrogens is 1. The van der Waals surface area contributed by atoms with E-state index in [0.717, 1.165) is 56.4 Å². The molecule has 2 aromatic rings. The van der Waals surface area contributed by atoms with Gasteiger partial charge in [0.1, 0.15) is 5.82 Å². The van der Waals surface area contributed by atoms with Crippen LogP contribution >= 0.6 is 0 Å². The molecule has 1 aromatic carbocycles. The van der Waals surface area contributed by atoms with Crippen molar-refractivity contribution in [1.82, 2.24) is 4.98 Å². The van der Waals surface area contributed by atoms with E-state index in [-0.39, 0.29) is 0 Å². The van der Waals surface area contributed by atoms with Crippen LogP contribution in [0.1, 0.15) is 70.9 Å². The van der Waals surface area contributed by atoms with Crippen molar-refractivity contribution in [2.45, 2.75) is 66.7 Å². The number of aryl methyl sites for hydroxylation is 1. The Hall–Kier alpha value is -3.12. The number of rotatable bonds is 13. The van der Waals surface area contributed by atoms with E-state index in [2.05, 4.69) is 35.5 Å². The Morgan fingerprint density at radius 3 is 2.34 bits per heavy atom. The fourth-order valence-electron chi connectivity index (χ4n) is 3.23. The molecule has 0 saturated carbocycles. The van der Waals surface area contributed by atoms with Crippen molar-refractivity contribution < 1.29 is 10.5 Å². The number of nitrogens with one attached hydrogen (secondary N) is 1. The molecule has 0 unspecified atom stereocenters. The van der Waals surface area contributed by atoms with E-state index in [1.807, 2.05) is 69.3 Å². The quantitative estimate of drug-likeness (QED) is 0.180. The van der Waals surface area contributed by atoms with Crippen LogP contribution in [0, 0.1) is 12.3 Å². The maximum Gasteiger partial charge on any atom is 0.217 e. The molecule has 0 aliphatic carbocycles. The zero-order valence-electron chi connectivity index (χ0n) is 22.6. The minimum Gasteiger partial charge on any atom is -0.478 e. The van der Waals surface area contributed by atoms with Gasteiger partial charge >= 0.3 is 0 Å². The molecular weight excluding hydrogens is 434 g/mol. The number of ether oxygens (including phenoxy) is 1. The third-order valence-electron chi connectivity index (χ3n) is 4.77. The van der Waals surface area contributed by atoms with Crippen LogP contribution in [-0.2, 0) is 0 Å². The monoisotopic (exact) mass is 482 g/mol. The first kappa shape index (κ1) is 31.9. The molecule has 194 valence electrons. The minimum atomic E-state index is 0.516. The largest absolute Gasteiger partial charge is 0.478 e. The van der Waals surface area contributed by atoms with Crippen molar-refractivity contribution in [1.29, 1.82) is 5.41 Å². The number of allylic oxidation sites excluding steroid dienone is 3. The van der Waals surface area contributed by atoms with Crippen LogP contribution in [0.4, 0.5) is 11.5 Å². The standard InChI is InChI=1S/C19H32N4O.C8H9N.C2H6/c1-3-12-23(13-4-2)17-15-18(21)22-19(16-17)24-14-10-8-6-5-7-9-11-20;1-7-3-2-4-8(5-7)6-9;1-2/h5,7,9,11,15-16H,3-4,6,8,10,12-14,20H2,1-2H3,(H2,21,22);2-6,9H,1H3;1-2H3/p+1/b7-5-,11-9-;;.